The number of hydrogen-bond acceptors (Lipinski definition) is 4. The van der Waals surface area contributed by atoms with E-state index in [0.717, 1.165) is 16.3 Å². The van der Waals surface area contributed by atoms with Gasteiger partial charge in [-0.3, -0.25) is 9.59 Å². The Balaban J connectivity index is 1.76. The number of carbonyl (C=O) groups excluding carboxylic acids is 2. The molecule has 0 spiro atoms. The highest BCUT2D eigenvalue weighted by Gasteiger charge is 2.34. The van der Waals surface area contributed by atoms with Crippen LogP contribution in [0.2, 0.25) is 0 Å². The zero-order valence-corrected chi connectivity index (χ0v) is 15.1. The summed E-state index contributed by atoms with van der Waals surface area (Å²) in [6.07, 6.45) is 0.412. The highest BCUT2D eigenvalue weighted by Crippen LogP contribution is 2.24. The molecule has 1 aliphatic heterocycles. The largest absolute Gasteiger partial charge is 0.346 e. The summed E-state index contributed by atoms with van der Waals surface area (Å²) in [7, 11) is 0. The number of nitrogens with zero attached hydrogens (tertiary/aromatic N) is 1. The highest BCUT2D eigenvalue weighted by molar-refractivity contribution is 7.99. The Hall–Kier alpha value is -2.05. The molecule has 3 N–H and O–H groups in total. The Morgan fingerprint density at radius 3 is 2.76 bits per heavy atom. The highest BCUT2D eigenvalue weighted by atomic mass is 32.2. The van der Waals surface area contributed by atoms with Crippen molar-refractivity contribution in [3.63, 3.8) is 0 Å². The molecule has 1 saturated heterocycles. The van der Waals surface area contributed by atoms with E-state index in [0.29, 0.717) is 24.6 Å². The van der Waals surface area contributed by atoms with E-state index in [2.05, 4.69) is 17.4 Å². The fraction of sp³-hybridized carbons (Fsp3) is 0.368. The van der Waals surface area contributed by atoms with Crippen LogP contribution >= 0.6 is 11.8 Å². The van der Waals surface area contributed by atoms with Crippen LogP contribution in [0, 0.1) is 0 Å². The van der Waals surface area contributed by atoms with Gasteiger partial charge in [0.2, 0.25) is 11.8 Å². The van der Waals surface area contributed by atoms with Gasteiger partial charge in [-0.1, -0.05) is 43.3 Å². The lowest BCUT2D eigenvalue weighted by atomic mass is 10.0. The van der Waals surface area contributed by atoms with Crippen molar-refractivity contribution in [3.05, 3.63) is 48.0 Å². The number of nitrogens with two attached hydrogens (primary N) is 1. The molecule has 6 heteroatoms. The molecule has 1 aliphatic rings. The molecule has 5 nitrogen and oxygen atoms in total. The summed E-state index contributed by atoms with van der Waals surface area (Å²) in [5.74, 6) is 1.09. The first-order valence-corrected chi connectivity index (χ1v) is 9.66. The predicted octanol–water partition coefficient (Wildman–Crippen LogP) is 2.27. The van der Waals surface area contributed by atoms with Crippen molar-refractivity contribution in [2.75, 3.05) is 18.2 Å². The lowest BCUT2D eigenvalue weighted by Gasteiger charge is -2.25. The molecule has 2 unspecified atom stereocenters. The van der Waals surface area contributed by atoms with E-state index in [1.54, 1.807) is 16.7 Å². The molecule has 2 atom stereocenters. The van der Waals surface area contributed by atoms with Gasteiger partial charge in [-0.2, -0.15) is 0 Å². The topological polar surface area (TPSA) is 75.4 Å². The number of nitrogens with one attached hydrogen (secondary N) is 1. The zero-order valence-electron chi connectivity index (χ0n) is 14.3. The first kappa shape index (κ1) is 17.8. The summed E-state index contributed by atoms with van der Waals surface area (Å²) in [5.41, 5.74) is 6.90. The van der Waals surface area contributed by atoms with Gasteiger partial charge in [-0.25, -0.2) is 0 Å². The van der Waals surface area contributed by atoms with E-state index in [1.165, 1.54) is 0 Å². The van der Waals surface area contributed by atoms with E-state index in [9.17, 15) is 9.59 Å². The summed E-state index contributed by atoms with van der Waals surface area (Å²) in [4.78, 5) is 26.4. The SMILES string of the molecule is CCC(=O)N1CSCC1C(=O)NC(CN)c1ccc2ccccc2c1. The number of benzene rings is 2. The monoisotopic (exact) mass is 357 g/mol. The molecular weight excluding hydrogens is 334 g/mol. The second-order valence-electron chi connectivity index (χ2n) is 6.14. The van der Waals surface area contributed by atoms with Crippen molar-refractivity contribution < 1.29 is 9.59 Å². The number of fused-ring (bicyclic) bond motifs is 1. The summed E-state index contributed by atoms with van der Waals surface area (Å²) in [6, 6.07) is 13.5. The van der Waals surface area contributed by atoms with Gasteiger partial charge in [0.1, 0.15) is 6.04 Å². The van der Waals surface area contributed by atoms with E-state index in [1.807, 2.05) is 37.3 Å². The van der Waals surface area contributed by atoms with E-state index >= 15 is 0 Å². The molecule has 0 aromatic heterocycles. The first-order valence-electron chi connectivity index (χ1n) is 8.50. The van der Waals surface area contributed by atoms with E-state index in [4.69, 9.17) is 5.73 Å². The number of amides is 2. The molecule has 0 aliphatic carbocycles. The lowest BCUT2D eigenvalue weighted by Crippen LogP contribution is -2.48. The third-order valence-electron chi connectivity index (χ3n) is 4.54. The minimum absolute atomic E-state index is 0.0140. The Labute approximate surface area is 151 Å². The molecule has 2 amide bonds. The molecule has 3 rings (SSSR count). The van der Waals surface area contributed by atoms with Crippen LogP contribution in [0.1, 0.15) is 24.9 Å². The van der Waals surface area contributed by atoms with Crippen LogP contribution < -0.4 is 11.1 Å². The number of rotatable bonds is 5. The Morgan fingerprint density at radius 2 is 2.04 bits per heavy atom. The maximum Gasteiger partial charge on any atom is 0.244 e. The van der Waals surface area contributed by atoms with Gasteiger partial charge in [0.25, 0.3) is 0 Å². The standard InChI is InChI=1S/C19H23N3O2S/c1-2-18(23)22-12-25-11-17(22)19(24)21-16(10-20)15-8-7-13-5-3-4-6-14(13)9-15/h3-9,16-17H,2,10-12,20H2,1H3,(H,21,24). The summed E-state index contributed by atoms with van der Waals surface area (Å²) in [5, 5.41) is 5.30. The first-order chi connectivity index (χ1) is 12.1. The van der Waals surface area contributed by atoms with Crippen LogP contribution in [0.25, 0.3) is 10.8 Å². The second-order valence-corrected chi connectivity index (χ2v) is 7.14. The smallest absolute Gasteiger partial charge is 0.244 e. The van der Waals surface area contributed by atoms with E-state index in [-0.39, 0.29) is 17.9 Å². The number of carbonyl (C=O) groups is 2. The normalized spacial score (nSPS) is 18.3. The molecule has 1 fully saturated rings. The molecular formula is C19H23N3O2S. The average Bonchev–Trinajstić information content (AvgIpc) is 3.15. The van der Waals surface area contributed by atoms with Crippen molar-refractivity contribution in [3.8, 4) is 0 Å². The summed E-state index contributed by atoms with van der Waals surface area (Å²) >= 11 is 1.61. The molecule has 1 heterocycles. The molecule has 0 radical (unpaired) electrons. The van der Waals surface area contributed by atoms with Gasteiger partial charge >= 0.3 is 0 Å². The van der Waals surface area contributed by atoms with Crippen molar-refractivity contribution in [2.24, 2.45) is 5.73 Å². The maximum atomic E-state index is 12.7. The zero-order chi connectivity index (χ0) is 17.8. The number of hydrogen-bond donors (Lipinski definition) is 2. The molecule has 0 saturated carbocycles. The van der Waals surface area contributed by atoms with Gasteiger partial charge in [0.15, 0.2) is 0 Å². The van der Waals surface area contributed by atoms with Crippen LogP contribution in [-0.4, -0.2) is 40.9 Å². The van der Waals surface area contributed by atoms with Gasteiger partial charge in [-0.15, -0.1) is 11.8 Å². The van der Waals surface area contributed by atoms with Crippen LogP contribution in [0.5, 0.6) is 0 Å². The van der Waals surface area contributed by atoms with Crippen molar-refractivity contribution in [2.45, 2.75) is 25.4 Å². The quantitative estimate of drug-likeness (QED) is 0.861. The second kappa shape index (κ2) is 7.89. The van der Waals surface area contributed by atoms with Crippen LogP contribution in [0.3, 0.4) is 0 Å². The van der Waals surface area contributed by atoms with Crippen molar-refractivity contribution in [1.29, 1.82) is 0 Å². The summed E-state index contributed by atoms with van der Waals surface area (Å²) < 4.78 is 0. The Kier molecular flexibility index (Phi) is 5.60. The molecule has 0 bridgehead atoms. The molecule has 25 heavy (non-hydrogen) atoms. The van der Waals surface area contributed by atoms with Gasteiger partial charge in [0, 0.05) is 18.7 Å². The minimum Gasteiger partial charge on any atom is -0.346 e. The van der Waals surface area contributed by atoms with Crippen molar-refractivity contribution >= 4 is 34.3 Å². The van der Waals surface area contributed by atoms with E-state index < -0.39 is 6.04 Å². The Bertz CT molecular complexity index is 780. The average molecular weight is 357 g/mol. The predicted molar refractivity (Wildman–Crippen MR) is 102 cm³/mol. The fourth-order valence-corrected chi connectivity index (χ4v) is 4.26. The van der Waals surface area contributed by atoms with Crippen molar-refractivity contribution in [1.82, 2.24) is 10.2 Å². The molecule has 132 valence electrons. The van der Waals surface area contributed by atoms with Crippen LogP contribution in [0.4, 0.5) is 0 Å². The van der Waals surface area contributed by atoms with Crippen LogP contribution in [-0.2, 0) is 9.59 Å². The number of thioether (sulfide) groups is 1. The fourth-order valence-electron chi connectivity index (χ4n) is 3.08. The van der Waals surface area contributed by atoms with Crippen LogP contribution in [0.15, 0.2) is 42.5 Å². The minimum atomic E-state index is -0.410. The third-order valence-corrected chi connectivity index (χ3v) is 5.55. The van der Waals surface area contributed by atoms with Gasteiger partial charge in [0.05, 0.1) is 11.9 Å². The molecule has 2 aromatic carbocycles. The van der Waals surface area contributed by atoms with Gasteiger partial charge < -0.3 is 16.0 Å². The maximum absolute atomic E-state index is 12.7. The third kappa shape index (κ3) is 3.80. The van der Waals surface area contributed by atoms with Gasteiger partial charge in [-0.05, 0) is 22.4 Å². The molecule has 2 aromatic rings. The Morgan fingerprint density at radius 1 is 1.28 bits per heavy atom. The summed E-state index contributed by atoms with van der Waals surface area (Å²) in [6.45, 7) is 2.13. The lowest BCUT2D eigenvalue weighted by molar-refractivity contribution is -0.138.